The van der Waals surface area contributed by atoms with Crippen LogP contribution in [-0.2, 0) is 0 Å². The van der Waals surface area contributed by atoms with Gasteiger partial charge in [-0.05, 0) is 52.0 Å². The SMILES string of the molecule is CC(C)=CCOc1c2c(cc3ccc(=O)oc13)C=CC(C)(C)O2. The van der Waals surface area contributed by atoms with Crippen LogP contribution in [-0.4, -0.2) is 12.2 Å². The Balaban J connectivity index is 2.19. The largest absolute Gasteiger partial charge is 0.482 e. The van der Waals surface area contributed by atoms with Crippen molar-refractivity contribution < 1.29 is 13.9 Å². The first-order chi connectivity index (χ1) is 10.9. The molecule has 4 heteroatoms. The van der Waals surface area contributed by atoms with E-state index in [0.29, 0.717) is 23.7 Å². The molecule has 1 aliphatic heterocycles. The molecule has 1 aliphatic rings. The minimum atomic E-state index is -0.440. The zero-order valence-corrected chi connectivity index (χ0v) is 13.8. The molecule has 3 rings (SSSR count). The van der Waals surface area contributed by atoms with E-state index < -0.39 is 11.2 Å². The molecule has 120 valence electrons. The summed E-state index contributed by atoms with van der Waals surface area (Å²) in [5.74, 6) is 1.09. The second-order valence-electron chi connectivity index (χ2n) is 6.43. The molecule has 0 unspecified atom stereocenters. The third-order valence-electron chi connectivity index (χ3n) is 3.60. The molecule has 2 heterocycles. The average Bonchev–Trinajstić information content (AvgIpc) is 2.46. The van der Waals surface area contributed by atoms with Crippen molar-refractivity contribution in [1.82, 2.24) is 0 Å². The van der Waals surface area contributed by atoms with Crippen molar-refractivity contribution in [3.63, 3.8) is 0 Å². The van der Waals surface area contributed by atoms with E-state index >= 15 is 0 Å². The van der Waals surface area contributed by atoms with Crippen molar-refractivity contribution in [1.29, 1.82) is 0 Å². The molecule has 2 aromatic rings. The maximum Gasteiger partial charge on any atom is 0.336 e. The van der Waals surface area contributed by atoms with Crippen LogP contribution in [0.5, 0.6) is 11.5 Å². The molecule has 0 aliphatic carbocycles. The molecule has 0 saturated carbocycles. The van der Waals surface area contributed by atoms with Crippen LogP contribution in [0.4, 0.5) is 0 Å². The predicted octanol–water partition coefficient (Wildman–Crippen LogP) is 4.32. The molecule has 0 atom stereocenters. The Morgan fingerprint density at radius 1 is 1.30 bits per heavy atom. The second-order valence-corrected chi connectivity index (χ2v) is 6.43. The predicted molar refractivity (Wildman–Crippen MR) is 91.2 cm³/mol. The molecule has 4 nitrogen and oxygen atoms in total. The Morgan fingerprint density at radius 2 is 2.09 bits per heavy atom. The number of ether oxygens (including phenoxy) is 2. The minimum Gasteiger partial charge on any atom is -0.482 e. The zero-order valence-electron chi connectivity index (χ0n) is 13.8. The van der Waals surface area contributed by atoms with E-state index in [9.17, 15) is 4.79 Å². The summed E-state index contributed by atoms with van der Waals surface area (Å²) in [4.78, 5) is 11.6. The first-order valence-corrected chi connectivity index (χ1v) is 7.61. The zero-order chi connectivity index (χ0) is 16.6. The van der Waals surface area contributed by atoms with Gasteiger partial charge < -0.3 is 13.9 Å². The van der Waals surface area contributed by atoms with Gasteiger partial charge in [0.15, 0.2) is 11.3 Å². The number of allylic oxidation sites excluding steroid dienone is 1. The molecule has 1 aromatic carbocycles. The molecule has 0 radical (unpaired) electrons. The van der Waals surface area contributed by atoms with E-state index in [4.69, 9.17) is 13.9 Å². The molecule has 0 saturated heterocycles. The summed E-state index contributed by atoms with van der Waals surface area (Å²) < 4.78 is 17.3. The van der Waals surface area contributed by atoms with Crippen LogP contribution in [0.2, 0.25) is 0 Å². The molecule has 0 amide bonds. The van der Waals surface area contributed by atoms with Crippen molar-refractivity contribution in [2.75, 3.05) is 6.61 Å². The van der Waals surface area contributed by atoms with Gasteiger partial charge in [0.05, 0.1) is 0 Å². The van der Waals surface area contributed by atoms with Gasteiger partial charge in [-0.25, -0.2) is 4.79 Å². The summed E-state index contributed by atoms with van der Waals surface area (Å²) in [7, 11) is 0. The molecule has 0 spiro atoms. The monoisotopic (exact) mass is 312 g/mol. The van der Waals surface area contributed by atoms with E-state index in [-0.39, 0.29) is 0 Å². The fraction of sp³-hybridized carbons (Fsp3) is 0.316. The van der Waals surface area contributed by atoms with Crippen LogP contribution in [0.25, 0.3) is 17.0 Å². The fourth-order valence-electron chi connectivity index (χ4n) is 2.42. The summed E-state index contributed by atoms with van der Waals surface area (Å²) in [6.45, 7) is 8.34. The first kappa shape index (κ1) is 15.4. The smallest absolute Gasteiger partial charge is 0.336 e. The van der Waals surface area contributed by atoms with Crippen molar-refractivity contribution in [3.05, 3.63) is 51.9 Å². The van der Waals surface area contributed by atoms with Crippen LogP contribution in [0.1, 0.15) is 33.3 Å². The Hall–Kier alpha value is -2.49. The quantitative estimate of drug-likeness (QED) is 0.625. The molecular weight excluding hydrogens is 292 g/mol. The van der Waals surface area contributed by atoms with E-state index in [2.05, 4.69) is 0 Å². The second kappa shape index (κ2) is 5.61. The van der Waals surface area contributed by atoms with E-state index in [1.54, 1.807) is 6.07 Å². The van der Waals surface area contributed by atoms with Gasteiger partial charge in [0, 0.05) is 17.0 Å². The van der Waals surface area contributed by atoms with Crippen LogP contribution >= 0.6 is 0 Å². The van der Waals surface area contributed by atoms with Gasteiger partial charge in [-0.1, -0.05) is 11.6 Å². The number of hydrogen-bond donors (Lipinski definition) is 0. The molecule has 0 bridgehead atoms. The van der Waals surface area contributed by atoms with Gasteiger partial charge in [-0.2, -0.15) is 0 Å². The van der Waals surface area contributed by atoms with Crippen molar-refractivity contribution in [2.45, 2.75) is 33.3 Å². The highest BCUT2D eigenvalue weighted by atomic mass is 16.5. The Bertz CT molecular complexity index is 865. The topological polar surface area (TPSA) is 48.7 Å². The van der Waals surface area contributed by atoms with Crippen molar-refractivity contribution in [3.8, 4) is 11.5 Å². The van der Waals surface area contributed by atoms with Crippen LogP contribution < -0.4 is 15.1 Å². The normalized spacial score (nSPS) is 15.0. The summed E-state index contributed by atoms with van der Waals surface area (Å²) in [6, 6.07) is 5.09. The highest BCUT2D eigenvalue weighted by Gasteiger charge is 2.27. The Kier molecular flexibility index (Phi) is 3.76. The summed E-state index contributed by atoms with van der Waals surface area (Å²) in [5.41, 5.74) is 1.64. The lowest BCUT2D eigenvalue weighted by Gasteiger charge is -2.29. The van der Waals surface area contributed by atoms with E-state index in [0.717, 1.165) is 16.5 Å². The Morgan fingerprint density at radius 3 is 2.83 bits per heavy atom. The summed E-state index contributed by atoms with van der Waals surface area (Å²) >= 11 is 0. The summed E-state index contributed by atoms with van der Waals surface area (Å²) in [5, 5.41) is 0.809. The third-order valence-corrected chi connectivity index (χ3v) is 3.60. The number of rotatable bonds is 3. The molecular formula is C19H20O4. The van der Waals surface area contributed by atoms with Crippen LogP contribution in [0, 0.1) is 0 Å². The van der Waals surface area contributed by atoms with Crippen molar-refractivity contribution >= 4 is 17.0 Å². The van der Waals surface area contributed by atoms with E-state index in [1.807, 2.05) is 52.0 Å². The maximum absolute atomic E-state index is 11.6. The highest BCUT2D eigenvalue weighted by molar-refractivity contribution is 5.90. The first-order valence-electron chi connectivity index (χ1n) is 7.61. The number of fused-ring (bicyclic) bond motifs is 2. The van der Waals surface area contributed by atoms with Crippen LogP contribution in [0.15, 0.2) is 45.1 Å². The van der Waals surface area contributed by atoms with Gasteiger partial charge in [0.1, 0.15) is 12.2 Å². The fourth-order valence-corrected chi connectivity index (χ4v) is 2.42. The number of benzene rings is 1. The molecule has 23 heavy (non-hydrogen) atoms. The lowest BCUT2D eigenvalue weighted by Crippen LogP contribution is -2.28. The summed E-state index contributed by atoms with van der Waals surface area (Å²) in [6.07, 6.45) is 5.98. The van der Waals surface area contributed by atoms with Crippen molar-refractivity contribution in [2.24, 2.45) is 0 Å². The molecule has 0 N–H and O–H groups in total. The standard InChI is InChI=1S/C19H20O4/c1-12(2)8-10-21-18-16-13(5-6-15(20)22-16)11-14-7-9-19(3,4)23-17(14)18/h5-9,11H,10H2,1-4H3. The molecule has 0 fully saturated rings. The molecule has 1 aromatic heterocycles. The van der Waals surface area contributed by atoms with Crippen LogP contribution in [0.3, 0.4) is 0 Å². The maximum atomic E-state index is 11.6. The minimum absolute atomic E-state index is 0.389. The lowest BCUT2D eigenvalue weighted by atomic mass is 10.0. The average molecular weight is 312 g/mol. The van der Waals surface area contributed by atoms with Gasteiger partial charge in [-0.15, -0.1) is 0 Å². The number of hydrogen-bond acceptors (Lipinski definition) is 4. The third kappa shape index (κ3) is 3.16. The van der Waals surface area contributed by atoms with E-state index in [1.165, 1.54) is 6.07 Å². The lowest BCUT2D eigenvalue weighted by molar-refractivity contribution is 0.151. The van der Waals surface area contributed by atoms with Gasteiger partial charge in [0.2, 0.25) is 5.75 Å². The highest BCUT2D eigenvalue weighted by Crippen LogP contribution is 2.43. The van der Waals surface area contributed by atoms with Gasteiger partial charge in [0.25, 0.3) is 0 Å². The van der Waals surface area contributed by atoms with Gasteiger partial charge in [-0.3, -0.25) is 0 Å². The van der Waals surface area contributed by atoms with Gasteiger partial charge >= 0.3 is 5.63 Å². The Labute approximate surface area is 135 Å².